The molecule has 2 amide bonds. The van der Waals surface area contributed by atoms with E-state index in [1.54, 1.807) is 48.3 Å². The third kappa shape index (κ3) is 5.60. The number of pyridine rings is 1. The second kappa shape index (κ2) is 11.5. The van der Waals surface area contributed by atoms with Gasteiger partial charge >= 0.3 is 0 Å². The van der Waals surface area contributed by atoms with Crippen LogP contribution >= 0.6 is 11.3 Å². The first-order chi connectivity index (χ1) is 19.3. The van der Waals surface area contributed by atoms with Crippen LogP contribution in [0.25, 0.3) is 27.8 Å². The van der Waals surface area contributed by atoms with E-state index < -0.39 is 26.9 Å². The summed E-state index contributed by atoms with van der Waals surface area (Å²) in [5.41, 5.74) is 4.09. The van der Waals surface area contributed by atoms with Gasteiger partial charge in [-0.1, -0.05) is 24.3 Å². The third-order valence-electron chi connectivity index (χ3n) is 6.96. The van der Waals surface area contributed by atoms with Crippen LogP contribution in [0, 0.1) is 0 Å². The number of hydrogen-bond donors (Lipinski definition) is 2. The Bertz CT molecular complexity index is 1620. The van der Waals surface area contributed by atoms with Crippen LogP contribution in [-0.4, -0.2) is 59.1 Å². The number of carbonyl (C=O) groups is 2. The molecule has 4 aromatic rings. The number of amides is 2. The zero-order valence-corrected chi connectivity index (χ0v) is 22.9. The highest BCUT2D eigenvalue weighted by molar-refractivity contribution is 7.92. The molecule has 0 saturated carbocycles. The lowest BCUT2D eigenvalue weighted by Crippen LogP contribution is -2.41. The van der Waals surface area contributed by atoms with Gasteiger partial charge in [-0.3, -0.25) is 19.8 Å². The fourth-order valence-corrected chi connectivity index (χ4v) is 8.34. The second-order valence-corrected chi connectivity index (χ2v) is 12.8. The number of hydrogen-bond acceptors (Lipinski definition) is 9. The van der Waals surface area contributed by atoms with E-state index in [1.165, 1.54) is 28.7 Å². The second-order valence-electron chi connectivity index (χ2n) is 9.32. The Morgan fingerprint density at radius 3 is 2.50 bits per heavy atom. The summed E-state index contributed by atoms with van der Waals surface area (Å²) in [6.45, 7) is 0.113. The van der Waals surface area contributed by atoms with Gasteiger partial charge in [0, 0.05) is 46.9 Å². The minimum absolute atomic E-state index is 0.00196. The molecule has 4 heterocycles. The molecule has 1 saturated heterocycles. The van der Waals surface area contributed by atoms with Gasteiger partial charge in [-0.2, -0.15) is 0 Å². The van der Waals surface area contributed by atoms with E-state index in [0.717, 1.165) is 21.6 Å². The van der Waals surface area contributed by atoms with E-state index in [-0.39, 0.29) is 31.2 Å². The first kappa shape index (κ1) is 27.4. The Balaban J connectivity index is 1.43. The summed E-state index contributed by atoms with van der Waals surface area (Å²) in [7, 11) is -3.93. The van der Waals surface area contributed by atoms with Crippen molar-refractivity contribution in [1.29, 1.82) is 0 Å². The fourth-order valence-electron chi connectivity index (χ4n) is 4.73. The van der Waals surface area contributed by atoms with Crippen LogP contribution in [0.3, 0.4) is 0 Å². The molecular formula is C28H26N4O6S2. The molecular weight excluding hydrogens is 552 g/mol. The van der Waals surface area contributed by atoms with Crippen molar-refractivity contribution in [2.24, 2.45) is 0 Å². The van der Waals surface area contributed by atoms with Crippen LogP contribution in [0.4, 0.5) is 0 Å². The van der Waals surface area contributed by atoms with Crippen molar-refractivity contribution in [3.8, 4) is 21.8 Å². The van der Waals surface area contributed by atoms with E-state index >= 15 is 0 Å². The number of thiophene rings is 1. The van der Waals surface area contributed by atoms with E-state index in [1.807, 2.05) is 30.3 Å². The van der Waals surface area contributed by atoms with Crippen LogP contribution in [0.2, 0.25) is 0 Å². The first-order valence-corrected chi connectivity index (χ1v) is 14.9. The van der Waals surface area contributed by atoms with Crippen LogP contribution < -0.4 is 5.48 Å². The number of nitrogens with zero attached hydrogens (tertiary/aromatic N) is 3. The lowest BCUT2D eigenvalue weighted by atomic mass is 9.97. The molecule has 1 aliphatic rings. The standard InChI is InChI=1S/C28H26N4O6S2/c33-26(31-35)17-28(25-7-6-24(39-25)22-4-2-21(3-5-22)23-18-30-19-38-23)11-14-32(15-16-40(28,36)37)27(34)8-1-20-9-12-29-13-10-20/h1-10,12-13,18-19,35H,11,14-17H2,(H,31,33). The molecule has 0 radical (unpaired) electrons. The predicted octanol–water partition coefficient (Wildman–Crippen LogP) is 3.92. The van der Waals surface area contributed by atoms with E-state index in [0.29, 0.717) is 10.6 Å². The molecule has 1 aromatic carbocycles. The minimum Gasteiger partial charge on any atom is -0.444 e. The Hall–Kier alpha value is -4.13. The summed E-state index contributed by atoms with van der Waals surface area (Å²) in [5, 5.41) is 9.29. The maximum absolute atomic E-state index is 13.8. The van der Waals surface area contributed by atoms with E-state index in [2.05, 4.69) is 9.97 Å². The monoisotopic (exact) mass is 578 g/mol. The van der Waals surface area contributed by atoms with Gasteiger partial charge in [0.05, 0.1) is 18.4 Å². The number of aromatic nitrogens is 2. The lowest BCUT2D eigenvalue weighted by Gasteiger charge is -2.30. The Morgan fingerprint density at radius 1 is 1.05 bits per heavy atom. The maximum atomic E-state index is 13.8. The molecule has 1 aliphatic heterocycles. The molecule has 1 unspecified atom stereocenters. The number of hydroxylamine groups is 1. The minimum atomic E-state index is -3.93. The van der Waals surface area contributed by atoms with Crippen LogP contribution in [0.1, 0.15) is 23.3 Å². The molecule has 1 atom stereocenters. The van der Waals surface area contributed by atoms with Crippen LogP contribution in [-0.2, 0) is 24.2 Å². The molecule has 40 heavy (non-hydrogen) atoms. The Labute approximate surface area is 234 Å². The van der Waals surface area contributed by atoms with Crippen molar-refractivity contribution in [1.82, 2.24) is 20.3 Å². The average molecular weight is 579 g/mol. The normalized spacial score (nSPS) is 18.9. The lowest BCUT2D eigenvalue weighted by molar-refractivity contribution is -0.129. The first-order valence-electron chi connectivity index (χ1n) is 12.4. The van der Waals surface area contributed by atoms with Gasteiger partial charge in [-0.05, 0) is 47.9 Å². The fraction of sp³-hybridized carbons (Fsp3) is 0.214. The maximum Gasteiger partial charge on any atom is 0.246 e. The molecule has 2 N–H and O–H groups in total. The number of rotatable bonds is 7. The summed E-state index contributed by atoms with van der Waals surface area (Å²) >= 11 is 1.28. The smallest absolute Gasteiger partial charge is 0.246 e. The SMILES string of the molecule is O=C(CC1(c2ccc(-c3ccc(-c4cnco4)cc3)s2)CCN(C(=O)C=Cc2ccncc2)CCS1(=O)=O)NO. The van der Waals surface area contributed by atoms with Crippen molar-refractivity contribution < 1.29 is 27.6 Å². The highest BCUT2D eigenvalue weighted by Gasteiger charge is 2.49. The van der Waals surface area contributed by atoms with Crippen LogP contribution in [0.5, 0.6) is 0 Å². The molecule has 206 valence electrons. The largest absolute Gasteiger partial charge is 0.444 e. The van der Waals surface area contributed by atoms with Gasteiger partial charge in [0.15, 0.2) is 22.0 Å². The van der Waals surface area contributed by atoms with Gasteiger partial charge in [-0.15, -0.1) is 11.3 Å². The number of carbonyl (C=O) groups excluding carboxylic acids is 2. The summed E-state index contributed by atoms with van der Waals surface area (Å²) < 4.78 is 31.4. The third-order valence-corrected chi connectivity index (χ3v) is 10.9. The Kier molecular flexibility index (Phi) is 7.92. The Morgan fingerprint density at radius 2 is 1.80 bits per heavy atom. The quantitative estimate of drug-likeness (QED) is 0.191. The van der Waals surface area contributed by atoms with Crippen LogP contribution in [0.15, 0.2) is 84.0 Å². The highest BCUT2D eigenvalue weighted by atomic mass is 32.2. The summed E-state index contributed by atoms with van der Waals surface area (Å²) in [4.78, 5) is 36.0. The van der Waals surface area contributed by atoms with Crippen molar-refractivity contribution >= 4 is 39.1 Å². The zero-order chi connectivity index (χ0) is 28.2. The summed E-state index contributed by atoms with van der Waals surface area (Å²) in [5.74, 6) is -0.827. The van der Waals surface area contributed by atoms with E-state index in [4.69, 9.17) is 4.42 Å². The topological polar surface area (TPSA) is 143 Å². The number of sulfone groups is 1. The zero-order valence-electron chi connectivity index (χ0n) is 21.3. The van der Waals surface area contributed by atoms with Crippen molar-refractivity contribution in [2.45, 2.75) is 17.6 Å². The molecule has 10 nitrogen and oxygen atoms in total. The molecule has 0 spiro atoms. The van der Waals surface area contributed by atoms with Gasteiger partial charge in [0.25, 0.3) is 0 Å². The van der Waals surface area contributed by atoms with Crippen molar-refractivity contribution in [2.75, 3.05) is 18.8 Å². The highest BCUT2D eigenvalue weighted by Crippen LogP contribution is 2.45. The molecule has 12 heteroatoms. The number of nitrogens with one attached hydrogen (secondary N) is 1. The molecule has 1 fully saturated rings. The van der Waals surface area contributed by atoms with E-state index in [9.17, 15) is 23.2 Å². The number of benzene rings is 1. The van der Waals surface area contributed by atoms with Crippen molar-refractivity contribution in [3.63, 3.8) is 0 Å². The molecule has 0 aliphatic carbocycles. The van der Waals surface area contributed by atoms with Gasteiger partial charge in [0.1, 0.15) is 4.75 Å². The van der Waals surface area contributed by atoms with Gasteiger partial charge < -0.3 is 9.32 Å². The summed E-state index contributed by atoms with van der Waals surface area (Å²) in [6.07, 6.45) is 8.79. The van der Waals surface area contributed by atoms with Crippen molar-refractivity contribution in [3.05, 3.63) is 90.0 Å². The average Bonchev–Trinajstić information content (AvgIpc) is 3.67. The molecule has 5 rings (SSSR count). The molecule has 3 aromatic heterocycles. The van der Waals surface area contributed by atoms with Gasteiger partial charge in [-0.25, -0.2) is 18.9 Å². The molecule has 0 bridgehead atoms. The summed E-state index contributed by atoms with van der Waals surface area (Å²) in [6, 6.07) is 14.6. The predicted molar refractivity (Wildman–Crippen MR) is 150 cm³/mol. The number of oxazole rings is 1. The van der Waals surface area contributed by atoms with Gasteiger partial charge in [0.2, 0.25) is 11.8 Å².